The molecule has 10 heteroatoms. The van der Waals surface area contributed by atoms with Crippen LogP contribution in [0.2, 0.25) is 0 Å². The van der Waals surface area contributed by atoms with Gasteiger partial charge in [0, 0.05) is 29.1 Å². The van der Waals surface area contributed by atoms with Crippen LogP contribution in [0.5, 0.6) is 0 Å². The summed E-state index contributed by atoms with van der Waals surface area (Å²) in [4.78, 5) is 24.5. The number of thioether (sulfide) groups is 1. The number of hydrogen-bond acceptors (Lipinski definition) is 6. The van der Waals surface area contributed by atoms with Crippen LogP contribution in [0.25, 0.3) is 5.69 Å². The number of aryl methyl sites for hydroxylation is 1. The van der Waals surface area contributed by atoms with Gasteiger partial charge in [-0.25, -0.2) is 4.39 Å². The van der Waals surface area contributed by atoms with Gasteiger partial charge in [-0.2, -0.15) is 0 Å². The van der Waals surface area contributed by atoms with E-state index in [0.717, 1.165) is 30.4 Å². The van der Waals surface area contributed by atoms with Crippen LogP contribution in [-0.4, -0.2) is 25.6 Å². The molecule has 0 fully saturated rings. The molecule has 0 aliphatic heterocycles. The van der Waals surface area contributed by atoms with Crippen molar-refractivity contribution in [2.24, 2.45) is 0 Å². The number of benzene rings is 4. The summed E-state index contributed by atoms with van der Waals surface area (Å²) in [7, 11) is 0. The van der Waals surface area contributed by atoms with Crippen LogP contribution in [0.4, 0.5) is 10.1 Å². The maximum Gasteiger partial charge on any atom is 0.269 e. The second-order valence-electron chi connectivity index (χ2n) is 10.7. The molecule has 0 saturated carbocycles. The normalized spacial score (nSPS) is 11.7. The van der Waals surface area contributed by atoms with Gasteiger partial charge in [0.1, 0.15) is 5.82 Å². The Labute approximate surface area is 265 Å². The number of carbonyl (C=O) groups is 1. The summed E-state index contributed by atoms with van der Waals surface area (Å²) < 4.78 is 15.3. The summed E-state index contributed by atoms with van der Waals surface area (Å²) in [5, 5.41) is 24.1. The van der Waals surface area contributed by atoms with Crippen LogP contribution < -0.4 is 5.32 Å². The molecule has 4 aromatic carbocycles. The zero-order chi connectivity index (χ0) is 31.6. The fraction of sp³-hybridized carbons (Fsp3) is 0.229. The lowest BCUT2D eigenvalue weighted by atomic mass is 10.0. The highest BCUT2D eigenvalue weighted by Crippen LogP contribution is 2.30. The molecule has 0 spiro atoms. The van der Waals surface area contributed by atoms with Gasteiger partial charge in [-0.3, -0.25) is 19.5 Å². The number of amides is 1. The minimum atomic E-state index is -0.577. The first-order chi connectivity index (χ1) is 21.9. The van der Waals surface area contributed by atoms with Gasteiger partial charge in [-0.15, -0.1) is 10.2 Å². The Morgan fingerprint density at radius 1 is 0.889 bits per heavy atom. The van der Waals surface area contributed by atoms with E-state index in [0.29, 0.717) is 34.4 Å². The van der Waals surface area contributed by atoms with E-state index in [-0.39, 0.29) is 17.4 Å². The molecule has 1 N–H and O–H groups in total. The van der Waals surface area contributed by atoms with Crippen molar-refractivity contribution >= 4 is 23.4 Å². The zero-order valence-electron chi connectivity index (χ0n) is 24.9. The van der Waals surface area contributed by atoms with Crippen LogP contribution in [0.15, 0.2) is 108 Å². The van der Waals surface area contributed by atoms with Crippen LogP contribution in [-0.2, 0) is 18.6 Å². The Kier molecular flexibility index (Phi) is 10.7. The number of nitrogens with zero attached hydrogens (tertiary/aromatic N) is 4. The molecule has 45 heavy (non-hydrogen) atoms. The van der Waals surface area contributed by atoms with Crippen molar-refractivity contribution in [1.29, 1.82) is 0 Å². The minimum Gasteiger partial charge on any atom is -0.342 e. The van der Waals surface area contributed by atoms with E-state index in [1.807, 2.05) is 59.2 Å². The lowest BCUT2D eigenvalue weighted by Gasteiger charge is -2.20. The smallest absolute Gasteiger partial charge is 0.269 e. The molecule has 8 nitrogen and oxygen atoms in total. The average Bonchev–Trinajstić information content (AvgIpc) is 3.49. The van der Waals surface area contributed by atoms with E-state index in [9.17, 15) is 19.3 Å². The Bertz CT molecular complexity index is 1710. The third kappa shape index (κ3) is 8.42. The Morgan fingerprint density at radius 3 is 2.24 bits per heavy atom. The highest BCUT2D eigenvalue weighted by atomic mass is 32.2. The number of hydrogen-bond donors (Lipinski definition) is 1. The standard InChI is InChI=1S/C35H34FN5O3S/c1-2-3-5-8-25-11-15-28(16-12-25)34(42)37-32(23-26-9-6-4-7-10-26)33-38-39-35(45-24-27-13-17-29(36)18-14-27)40(33)30-19-21-31(22-20-30)41(43)44/h4,6-7,9-22,32H,2-3,5,8,23-24H2,1H3,(H,37,42)/t32-/m0/s1. The van der Waals surface area contributed by atoms with E-state index < -0.39 is 11.0 Å². The first kappa shape index (κ1) is 31.6. The molecule has 1 amide bonds. The van der Waals surface area contributed by atoms with E-state index in [1.165, 1.54) is 48.0 Å². The van der Waals surface area contributed by atoms with E-state index in [4.69, 9.17) is 0 Å². The first-order valence-electron chi connectivity index (χ1n) is 14.9. The first-order valence-corrected chi connectivity index (χ1v) is 15.9. The molecule has 0 radical (unpaired) electrons. The molecule has 0 unspecified atom stereocenters. The van der Waals surface area contributed by atoms with Crippen LogP contribution in [0.1, 0.15) is 65.1 Å². The summed E-state index contributed by atoms with van der Waals surface area (Å²) in [6.45, 7) is 2.18. The van der Waals surface area contributed by atoms with E-state index in [1.54, 1.807) is 24.3 Å². The van der Waals surface area contributed by atoms with Gasteiger partial charge in [0.2, 0.25) is 0 Å². The maximum absolute atomic E-state index is 13.6. The van der Waals surface area contributed by atoms with Crippen LogP contribution in [0.3, 0.4) is 0 Å². The number of nitro benzene ring substituents is 1. The van der Waals surface area contributed by atoms with Crippen molar-refractivity contribution in [3.8, 4) is 5.69 Å². The number of aromatic nitrogens is 3. The molecular formula is C35H34FN5O3S. The van der Waals surface area contributed by atoms with Crippen LogP contribution >= 0.6 is 11.8 Å². The van der Waals surface area contributed by atoms with E-state index >= 15 is 0 Å². The second kappa shape index (κ2) is 15.3. The predicted octanol–water partition coefficient (Wildman–Crippen LogP) is 8.05. The lowest BCUT2D eigenvalue weighted by Crippen LogP contribution is -2.32. The highest BCUT2D eigenvalue weighted by molar-refractivity contribution is 7.98. The third-order valence-corrected chi connectivity index (χ3v) is 8.44. The fourth-order valence-electron chi connectivity index (χ4n) is 5.00. The number of non-ortho nitro benzene ring substituents is 1. The second-order valence-corrected chi connectivity index (χ2v) is 11.7. The Morgan fingerprint density at radius 2 is 1.58 bits per heavy atom. The highest BCUT2D eigenvalue weighted by Gasteiger charge is 2.26. The number of halogens is 1. The van der Waals surface area contributed by atoms with Crippen molar-refractivity contribution in [2.75, 3.05) is 0 Å². The van der Waals surface area contributed by atoms with Gasteiger partial charge in [0.15, 0.2) is 11.0 Å². The number of unbranched alkanes of at least 4 members (excludes halogenated alkanes) is 2. The quantitative estimate of drug-likeness (QED) is 0.0581. The zero-order valence-corrected chi connectivity index (χ0v) is 25.8. The van der Waals surface area contributed by atoms with Crippen molar-refractivity contribution < 1.29 is 14.1 Å². The molecule has 1 heterocycles. The largest absolute Gasteiger partial charge is 0.342 e. The summed E-state index contributed by atoms with van der Waals surface area (Å²) in [5.74, 6) is 0.422. The average molecular weight is 624 g/mol. The summed E-state index contributed by atoms with van der Waals surface area (Å²) >= 11 is 1.40. The summed E-state index contributed by atoms with van der Waals surface area (Å²) in [6, 6.07) is 29.3. The molecule has 5 rings (SSSR count). The Balaban J connectivity index is 1.49. The summed E-state index contributed by atoms with van der Waals surface area (Å²) in [6.07, 6.45) is 4.85. The number of nitro groups is 1. The fourth-order valence-corrected chi connectivity index (χ4v) is 5.91. The van der Waals surface area contributed by atoms with Gasteiger partial charge in [-0.05, 0) is 72.4 Å². The van der Waals surface area contributed by atoms with Crippen molar-refractivity contribution in [3.05, 3.63) is 147 Å². The van der Waals surface area contributed by atoms with E-state index in [2.05, 4.69) is 22.4 Å². The maximum atomic E-state index is 13.6. The topological polar surface area (TPSA) is 103 Å². The summed E-state index contributed by atoms with van der Waals surface area (Å²) in [5.41, 5.74) is 4.20. The molecule has 0 aliphatic carbocycles. The molecular weight excluding hydrogens is 589 g/mol. The van der Waals surface area contributed by atoms with Crippen LogP contribution in [0, 0.1) is 15.9 Å². The van der Waals surface area contributed by atoms with Crippen molar-refractivity contribution in [3.63, 3.8) is 0 Å². The molecule has 0 bridgehead atoms. The number of rotatable bonds is 14. The van der Waals surface area contributed by atoms with Gasteiger partial charge >= 0.3 is 0 Å². The van der Waals surface area contributed by atoms with Gasteiger partial charge < -0.3 is 5.32 Å². The Hall–Kier alpha value is -4.83. The van der Waals surface area contributed by atoms with Crippen molar-refractivity contribution in [1.82, 2.24) is 20.1 Å². The third-order valence-electron chi connectivity index (χ3n) is 7.44. The molecule has 1 atom stereocenters. The van der Waals surface area contributed by atoms with Gasteiger partial charge in [0.25, 0.3) is 11.6 Å². The number of carbonyl (C=O) groups excluding carboxylic acids is 1. The van der Waals surface area contributed by atoms with Gasteiger partial charge in [-0.1, -0.05) is 86.1 Å². The lowest BCUT2D eigenvalue weighted by molar-refractivity contribution is -0.384. The predicted molar refractivity (Wildman–Crippen MR) is 174 cm³/mol. The molecule has 0 aliphatic rings. The van der Waals surface area contributed by atoms with Gasteiger partial charge in [0.05, 0.1) is 11.0 Å². The van der Waals surface area contributed by atoms with Crippen molar-refractivity contribution in [2.45, 2.75) is 56.0 Å². The molecule has 0 saturated heterocycles. The minimum absolute atomic E-state index is 0.0406. The SMILES string of the molecule is CCCCCc1ccc(C(=O)N[C@@H](Cc2ccccc2)c2nnc(SCc3ccc(F)cc3)n2-c2ccc([N+](=O)[O-])cc2)cc1. The molecule has 5 aromatic rings. The monoisotopic (exact) mass is 623 g/mol. The molecule has 230 valence electrons. The number of nitrogens with one attached hydrogen (secondary N) is 1. The molecule has 1 aromatic heterocycles.